The van der Waals surface area contributed by atoms with Crippen LogP contribution < -0.4 is 10.1 Å². The van der Waals surface area contributed by atoms with Crippen molar-refractivity contribution in [2.24, 2.45) is 11.8 Å². The number of carbonyl (C=O) groups excluding carboxylic acids is 3. The van der Waals surface area contributed by atoms with Crippen LogP contribution in [-0.2, 0) is 16.6 Å². The number of anilines is 1. The summed E-state index contributed by atoms with van der Waals surface area (Å²) in [5, 5.41) is 3.11. The summed E-state index contributed by atoms with van der Waals surface area (Å²) in [5.41, 5.74) is 4.03. The highest BCUT2D eigenvalue weighted by molar-refractivity contribution is 6.16. The van der Waals surface area contributed by atoms with Gasteiger partial charge >= 0.3 is 0 Å². The molecule has 1 amide bonds. The van der Waals surface area contributed by atoms with Gasteiger partial charge in [-0.1, -0.05) is 80.6 Å². The standard InChI is InChI=1S/C38H34N2O4/c1-23(2)22-24-12-14-26(15-13-24)34(41)32-33(35(42)27-16-18-28(44-3)19-17-27)40-21-20-25-8-4-5-9-29(25)36(40)38(32)30-10-6-7-11-31(30)39-37(38)43/h4-21,23,32-33,36H,22H2,1-3H3,(H,39,43)/t32-,33-,36-,38-/m1/s1. The molecule has 0 unspecified atom stereocenters. The van der Waals surface area contributed by atoms with Crippen LogP contribution in [0.4, 0.5) is 5.69 Å². The summed E-state index contributed by atoms with van der Waals surface area (Å²) in [5.74, 6) is -0.600. The molecule has 4 aromatic rings. The second kappa shape index (κ2) is 10.6. The molecule has 1 saturated heterocycles. The van der Waals surface area contributed by atoms with E-state index in [2.05, 4.69) is 19.2 Å². The van der Waals surface area contributed by atoms with Crippen molar-refractivity contribution in [1.82, 2.24) is 4.90 Å². The Morgan fingerprint density at radius 3 is 2.25 bits per heavy atom. The molecule has 220 valence electrons. The van der Waals surface area contributed by atoms with Crippen molar-refractivity contribution in [3.63, 3.8) is 0 Å². The quantitative estimate of drug-likeness (QED) is 0.241. The molecular weight excluding hydrogens is 548 g/mol. The van der Waals surface area contributed by atoms with Gasteiger partial charge in [0.25, 0.3) is 0 Å². The Morgan fingerprint density at radius 2 is 1.52 bits per heavy atom. The SMILES string of the molecule is COc1ccc(C(=O)[C@H]2[C@H](C(=O)c3ccc(CC(C)C)cc3)[C@@]3(C(=O)Nc4ccccc43)[C@H]3c4ccccc4C=CN23)cc1. The number of rotatable bonds is 7. The van der Waals surface area contributed by atoms with Gasteiger partial charge in [0, 0.05) is 23.0 Å². The molecule has 1 spiro atoms. The fraction of sp³-hybridized carbons (Fsp3) is 0.237. The summed E-state index contributed by atoms with van der Waals surface area (Å²) >= 11 is 0. The molecule has 0 radical (unpaired) electrons. The van der Waals surface area contributed by atoms with Crippen molar-refractivity contribution in [1.29, 1.82) is 0 Å². The van der Waals surface area contributed by atoms with E-state index in [0.717, 1.165) is 28.7 Å². The molecule has 6 heteroatoms. The first-order valence-corrected chi connectivity index (χ1v) is 15.1. The molecule has 0 aliphatic carbocycles. The molecule has 3 heterocycles. The van der Waals surface area contributed by atoms with Gasteiger partial charge in [-0.15, -0.1) is 0 Å². The normalized spacial score (nSPS) is 22.9. The average Bonchev–Trinajstić information content (AvgIpc) is 3.52. The molecule has 6 nitrogen and oxygen atoms in total. The Balaban J connectivity index is 1.47. The predicted molar refractivity (Wildman–Crippen MR) is 171 cm³/mol. The Kier molecular flexibility index (Phi) is 6.73. The lowest BCUT2D eigenvalue weighted by atomic mass is 9.62. The van der Waals surface area contributed by atoms with Gasteiger partial charge in [-0.25, -0.2) is 0 Å². The lowest BCUT2D eigenvalue weighted by Gasteiger charge is -2.38. The highest BCUT2D eigenvalue weighted by Gasteiger charge is 2.70. The van der Waals surface area contributed by atoms with Gasteiger partial charge in [-0.2, -0.15) is 0 Å². The summed E-state index contributed by atoms with van der Waals surface area (Å²) in [7, 11) is 1.58. The molecule has 4 aromatic carbocycles. The third-order valence-electron chi connectivity index (χ3n) is 9.38. The maximum atomic E-state index is 15.0. The van der Waals surface area contributed by atoms with E-state index in [9.17, 15) is 14.4 Å². The lowest BCUT2D eigenvalue weighted by Crippen LogP contribution is -2.49. The number of hydrogen-bond acceptors (Lipinski definition) is 5. The zero-order chi connectivity index (χ0) is 30.6. The lowest BCUT2D eigenvalue weighted by molar-refractivity contribution is -0.122. The number of ketones is 2. The van der Waals surface area contributed by atoms with Crippen LogP contribution in [0.1, 0.15) is 62.9 Å². The Hall–Kier alpha value is -4.97. The van der Waals surface area contributed by atoms with E-state index in [4.69, 9.17) is 4.74 Å². The van der Waals surface area contributed by atoms with Gasteiger partial charge in [0.05, 0.1) is 19.1 Å². The van der Waals surface area contributed by atoms with E-state index in [1.54, 1.807) is 31.4 Å². The second-order valence-corrected chi connectivity index (χ2v) is 12.3. The van der Waals surface area contributed by atoms with Gasteiger partial charge in [-0.05, 0) is 71.0 Å². The minimum absolute atomic E-state index is 0.217. The van der Waals surface area contributed by atoms with Crippen LogP contribution in [0, 0.1) is 11.8 Å². The number of methoxy groups -OCH3 is 1. The van der Waals surface area contributed by atoms with Crippen molar-refractivity contribution in [2.75, 3.05) is 12.4 Å². The summed E-state index contributed by atoms with van der Waals surface area (Å²) in [6.45, 7) is 4.32. The first kappa shape index (κ1) is 27.8. The molecule has 0 aromatic heterocycles. The van der Waals surface area contributed by atoms with Crippen LogP contribution in [-0.4, -0.2) is 35.5 Å². The minimum atomic E-state index is -1.35. The molecule has 0 saturated carbocycles. The summed E-state index contributed by atoms with van der Waals surface area (Å²) in [6.07, 6.45) is 4.77. The summed E-state index contributed by atoms with van der Waals surface area (Å²) in [6, 6.07) is 28.6. The molecule has 44 heavy (non-hydrogen) atoms. The number of fused-ring (bicyclic) bond motifs is 6. The van der Waals surface area contributed by atoms with Crippen LogP contribution in [0.3, 0.4) is 0 Å². The van der Waals surface area contributed by atoms with E-state index in [0.29, 0.717) is 28.5 Å². The number of nitrogens with zero attached hydrogens (tertiary/aromatic N) is 1. The van der Waals surface area contributed by atoms with E-state index >= 15 is 0 Å². The number of Topliss-reactive ketones (excluding diaryl/α,β-unsaturated/α-hetero) is 2. The highest BCUT2D eigenvalue weighted by atomic mass is 16.5. The van der Waals surface area contributed by atoms with Gasteiger partial charge in [-0.3, -0.25) is 14.4 Å². The van der Waals surface area contributed by atoms with E-state index < -0.39 is 23.4 Å². The fourth-order valence-electron chi connectivity index (χ4n) is 7.55. The third kappa shape index (κ3) is 4.12. The number of carbonyl (C=O) groups is 3. The molecular formula is C38H34N2O4. The van der Waals surface area contributed by atoms with E-state index in [1.807, 2.05) is 90.0 Å². The van der Waals surface area contributed by atoms with Crippen LogP contribution in [0.15, 0.2) is 103 Å². The minimum Gasteiger partial charge on any atom is -0.497 e. The molecule has 4 atom stereocenters. The zero-order valence-corrected chi connectivity index (χ0v) is 25.0. The maximum absolute atomic E-state index is 15.0. The van der Waals surface area contributed by atoms with E-state index in [1.165, 1.54) is 0 Å². The summed E-state index contributed by atoms with van der Waals surface area (Å²) < 4.78 is 5.34. The highest BCUT2D eigenvalue weighted by Crippen LogP contribution is 2.62. The number of hydrogen-bond donors (Lipinski definition) is 1. The average molecular weight is 583 g/mol. The zero-order valence-electron chi connectivity index (χ0n) is 25.0. The smallest absolute Gasteiger partial charge is 0.238 e. The first-order chi connectivity index (χ1) is 21.3. The largest absolute Gasteiger partial charge is 0.497 e. The van der Waals surface area contributed by atoms with Gasteiger partial charge in [0.2, 0.25) is 5.91 Å². The van der Waals surface area contributed by atoms with Crippen molar-refractivity contribution < 1.29 is 19.1 Å². The fourth-order valence-corrected chi connectivity index (χ4v) is 7.55. The monoisotopic (exact) mass is 582 g/mol. The van der Waals surface area contributed by atoms with Crippen molar-refractivity contribution in [3.05, 3.63) is 137 Å². The number of amides is 1. The third-order valence-corrected chi connectivity index (χ3v) is 9.38. The molecule has 1 fully saturated rings. The summed E-state index contributed by atoms with van der Waals surface area (Å²) in [4.78, 5) is 46.2. The molecule has 0 bridgehead atoms. The Bertz CT molecular complexity index is 1810. The predicted octanol–water partition coefficient (Wildman–Crippen LogP) is 6.88. The molecule has 7 rings (SSSR count). The van der Waals surface area contributed by atoms with Crippen LogP contribution >= 0.6 is 0 Å². The van der Waals surface area contributed by atoms with Crippen molar-refractivity contribution in [3.8, 4) is 5.75 Å². The Labute approximate surface area is 257 Å². The van der Waals surface area contributed by atoms with E-state index in [-0.39, 0.29) is 17.5 Å². The number of ether oxygens (including phenoxy) is 1. The maximum Gasteiger partial charge on any atom is 0.238 e. The molecule has 1 N–H and O–H groups in total. The Morgan fingerprint density at radius 1 is 0.864 bits per heavy atom. The first-order valence-electron chi connectivity index (χ1n) is 15.1. The van der Waals surface area contributed by atoms with Crippen LogP contribution in [0.25, 0.3) is 6.08 Å². The van der Waals surface area contributed by atoms with Gasteiger partial charge in [0.15, 0.2) is 11.6 Å². The van der Waals surface area contributed by atoms with Crippen LogP contribution in [0.2, 0.25) is 0 Å². The molecule has 3 aliphatic rings. The topological polar surface area (TPSA) is 75.7 Å². The van der Waals surface area contributed by atoms with Crippen molar-refractivity contribution in [2.45, 2.75) is 37.8 Å². The van der Waals surface area contributed by atoms with Crippen molar-refractivity contribution >= 4 is 29.2 Å². The van der Waals surface area contributed by atoms with Gasteiger partial charge < -0.3 is 15.0 Å². The number of benzene rings is 4. The number of para-hydroxylation sites is 1. The number of nitrogens with one attached hydrogen (secondary N) is 1. The van der Waals surface area contributed by atoms with Crippen LogP contribution in [0.5, 0.6) is 5.75 Å². The second-order valence-electron chi connectivity index (χ2n) is 12.3. The van der Waals surface area contributed by atoms with Gasteiger partial charge in [0.1, 0.15) is 17.2 Å². The molecule has 3 aliphatic heterocycles.